The van der Waals surface area contributed by atoms with Crippen LogP contribution in [0.1, 0.15) is 18.5 Å². The molecular formula is C14H13ClFN. The molecule has 0 saturated heterocycles. The van der Waals surface area contributed by atoms with Crippen molar-refractivity contribution in [3.8, 4) is 11.1 Å². The third kappa shape index (κ3) is 2.48. The molecule has 0 aliphatic carbocycles. The second kappa shape index (κ2) is 4.86. The van der Waals surface area contributed by atoms with Crippen LogP contribution in [0.25, 0.3) is 11.1 Å². The average molecular weight is 250 g/mol. The highest BCUT2D eigenvalue weighted by Gasteiger charge is 2.09. The second-order valence-electron chi connectivity index (χ2n) is 4.00. The minimum atomic E-state index is -0.245. The zero-order chi connectivity index (χ0) is 12.4. The molecule has 1 atom stereocenters. The van der Waals surface area contributed by atoms with Crippen molar-refractivity contribution in [3.63, 3.8) is 0 Å². The molecule has 0 heterocycles. The summed E-state index contributed by atoms with van der Waals surface area (Å²) in [5, 5.41) is 0.611. The number of hydrogen-bond acceptors (Lipinski definition) is 1. The Hall–Kier alpha value is -1.38. The predicted molar refractivity (Wildman–Crippen MR) is 69.4 cm³/mol. The van der Waals surface area contributed by atoms with Crippen LogP contribution in [-0.2, 0) is 0 Å². The molecule has 3 heteroatoms. The zero-order valence-electron chi connectivity index (χ0n) is 9.45. The van der Waals surface area contributed by atoms with Crippen molar-refractivity contribution in [1.82, 2.24) is 0 Å². The Morgan fingerprint density at radius 1 is 1.18 bits per heavy atom. The number of benzene rings is 2. The summed E-state index contributed by atoms with van der Waals surface area (Å²) in [4.78, 5) is 0. The molecule has 0 saturated carbocycles. The molecule has 17 heavy (non-hydrogen) atoms. The van der Waals surface area contributed by atoms with Crippen molar-refractivity contribution in [1.29, 1.82) is 0 Å². The Morgan fingerprint density at radius 3 is 2.53 bits per heavy atom. The Balaban J connectivity index is 2.54. The van der Waals surface area contributed by atoms with Gasteiger partial charge in [0.25, 0.3) is 0 Å². The largest absolute Gasteiger partial charge is 0.324 e. The molecule has 0 spiro atoms. The lowest BCUT2D eigenvalue weighted by Gasteiger charge is -2.11. The van der Waals surface area contributed by atoms with Crippen LogP contribution < -0.4 is 5.73 Å². The highest BCUT2D eigenvalue weighted by atomic mass is 35.5. The molecule has 1 unspecified atom stereocenters. The summed E-state index contributed by atoms with van der Waals surface area (Å²) in [5.74, 6) is -0.245. The van der Waals surface area contributed by atoms with Crippen molar-refractivity contribution in [3.05, 3.63) is 58.9 Å². The molecule has 0 bridgehead atoms. The van der Waals surface area contributed by atoms with Crippen molar-refractivity contribution in [2.45, 2.75) is 13.0 Å². The van der Waals surface area contributed by atoms with E-state index < -0.39 is 0 Å². The zero-order valence-corrected chi connectivity index (χ0v) is 10.2. The number of halogens is 2. The first-order valence-corrected chi connectivity index (χ1v) is 5.77. The summed E-state index contributed by atoms with van der Waals surface area (Å²) in [6.45, 7) is 1.85. The Morgan fingerprint density at radius 2 is 1.88 bits per heavy atom. The maximum Gasteiger partial charge on any atom is 0.131 e. The molecule has 88 valence electrons. The minimum absolute atomic E-state index is 0.172. The molecule has 1 nitrogen and oxygen atoms in total. The topological polar surface area (TPSA) is 26.0 Å². The molecule has 2 rings (SSSR count). The maximum atomic E-state index is 13.6. The van der Waals surface area contributed by atoms with Gasteiger partial charge in [-0.25, -0.2) is 4.39 Å². The van der Waals surface area contributed by atoms with Gasteiger partial charge in [0.15, 0.2) is 0 Å². The van der Waals surface area contributed by atoms with Gasteiger partial charge in [-0.1, -0.05) is 35.9 Å². The van der Waals surface area contributed by atoms with E-state index in [1.165, 1.54) is 6.07 Å². The van der Waals surface area contributed by atoms with Crippen molar-refractivity contribution < 1.29 is 4.39 Å². The molecule has 0 aliphatic rings. The molecule has 0 aliphatic heterocycles. The van der Waals surface area contributed by atoms with E-state index in [9.17, 15) is 4.39 Å². The molecule has 0 radical (unpaired) electrons. The number of rotatable bonds is 2. The first kappa shape index (κ1) is 12.1. The van der Waals surface area contributed by atoms with Crippen molar-refractivity contribution >= 4 is 11.6 Å². The molecule has 0 amide bonds. The fourth-order valence-corrected chi connectivity index (χ4v) is 2.05. The van der Waals surface area contributed by atoms with E-state index >= 15 is 0 Å². The summed E-state index contributed by atoms with van der Waals surface area (Å²) in [6.07, 6.45) is 0. The van der Waals surface area contributed by atoms with Gasteiger partial charge in [0.2, 0.25) is 0 Å². The number of hydrogen-bond donors (Lipinski definition) is 1. The average Bonchev–Trinajstić information content (AvgIpc) is 2.30. The minimum Gasteiger partial charge on any atom is -0.324 e. The summed E-state index contributed by atoms with van der Waals surface area (Å²) >= 11 is 6.04. The smallest absolute Gasteiger partial charge is 0.131 e. The summed E-state index contributed by atoms with van der Waals surface area (Å²) in [5.41, 5.74) is 8.00. The Labute approximate surface area is 105 Å². The predicted octanol–water partition coefficient (Wildman–Crippen LogP) is 4.17. The van der Waals surface area contributed by atoms with Crippen LogP contribution in [-0.4, -0.2) is 0 Å². The lowest BCUT2D eigenvalue weighted by molar-refractivity contribution is 0.631. The first-order valence-electron chi connectivity index (χ1n) is 5.39. The van der Waals surface area contributed by atoms with Gasteiger partial charge in [-0.2, -0.15) is 0 Å². The summed E-state index contributed by atoms with van der Waals surface area (Å²) in [6, 6.07) is 11.9. The fraction of sp³-hybridized carbons (Fsp3) is 0.143. The van der Waals surface area contributed by atoms with E-state index in [2.05, 4.69) is 0 Å². The van der Waals surface area contributed by atoms with E-state index in [0.717, 1.165) is 11.1 Å². The van der Waals surface area contributed by atoms with Crippen LogP contribution in [0.5, 0.6) is 0 Å². The van der Waals surface area contributed by atoms with Crippen molar-refractivity contribution in [2.24, 2.45) is 5.73 Å². The molecule has 2 aromatic rings. The standard InChI is InChI=1S/C14H13ClFN/c1-9(17)12-8-10(6-7-13(12)15)11-4-2-3-5-14(11)16/h2-9H,17H2,1H3. The quantitative estimate of drug-likeness (QED) is 0.850. The highest BCUT2D eigenvalue weighted by Crippen LogP contribution is 2.29. The van der Waals surface area contributed by atoms with Gasteiger partial charge in [-0.05, 0) is 36.2 Å². The van der Waals surface area contributed by atoms with Gasteiger partial charge >= 0.3 is 0 Å². The van der Waals surface area contributed by atoms with Gasteiger partial charge in [0.05, 0.1) is 0 Å². The van der Waals surface area contributed by atoms with Crippen LogP contribution in [0.4, 0.5) is 4.39 Å². The van der Waals surface area contributed by atoms with Gasteiger partial charge in [0.1, 0.15) is 5.82 Å². The van der Waals surface area contributed by atoms with Crippen LogP contribution in [0, 0.1) is 5.82 Å². The van der Waals surface area contributed by atoms with Crippen molar-refractivity contribution in [2.75, 3.05) is 0 Å². The molecule has 2 N–H and O–H groups in total. The first-order chi connectivity index (χ1) is 8.09. The third-order valence-corrected chi connectivity index (χ3v) is 3.02. The van der Waals surface area contributed by atoms with Crippen LogP contribution in [0.3, 0.4) is 0 Å². The van der Waals surface area contributed by atoms with E-state index in [4.69, 9.17) is 17.3 Å². The van der Waals surface area contributed by atoms with E-state index in [0.29, 0.717) is 10.6 Å². The summed E-state index contributed by atoms with van der Waals surface area (Å²) in [7, 11) is 0. The molecule has 2 aromatic carbocycles. The van der Waals surface area contributed by atoms with E-state index in [-0.39, 0.29) is 11.9 Å². The highest BCUT2D eigenvalue weighted by molar-refractivity contribution is 6.31. The van der Waals surface area contributed by atoms with E-state index in [1.54, 1.807) is 30.3 Å². The molecule has 0 fully saturated rings. The Bertz CT molecular complexity index is 537. The molecular weight excluding hydrogens is 237 g/mol. The monoisotopic (exact) mass is 249 g/mol. The molecule has 0 aromatic heterocycles. The van der Waals surface area contributed by atoms with Crippen LogP contribution in [0.2, 0.25) is 5.02 Å². The lowest BCUT2D eigenvalue weighted by atomic mass is 10.00. The van der Waals surface area contributed by atoms with Gasteiger partial charge in [-0.15, -0.1) is 0 Å². The van der Waals surface area contributed by atoms with E-state index in [1.807, 2.05) is 13.0 Å². The lowest BCUT2D eigenvalue weighted by Crippen LogP contribution is -2.05. The van der Waals surface area contributed by atoms with Gasteiger partial charge in [0, 0.05) is 16.6 Å². The normalized spacial score (nSPS) is 12.5. The number of nitrogens with two attached hydrogens (primary N) is 1. The van der Waals surface area contributed by atoms with Gasteiger partial charge in [-0.3, -0.25) is 0 Å². The maximum absolute atomic E-state index is 13.6. The second-order valence-corrected chi connectivity index (χ2v) is 4.41. The van der Waals surface area contributed by atoms with Gasteiger partial charge < -0.3 is 5.73 Å². The summed E-state index contributed by atoms with van der Waals surface area (Å²) < 4.78 is 13.6. The SMILES string of the molecule is CC(N)c1cc(-c2ccccc2F)ccc1Cl. The third-order valence-electron chi connectivity index (χ3n) is 2.67. The Kier molecular flexibility index (Phi) is 3.46. The van der Waals surface area contributed by atoms with Crippen LogP contribution >= 0.6 is 11.6 Å². The fourth-order valence-electron chi connectivity index (χ4n) is 1.76. The van der Waals surface area contributed by atoms with Crippen LogP contribution in [0.15, 0.2) is 42.5 Å².